The van der Waals surface area contributed by atoms with Crippen molar-refractivity contribution in [1.82, 2.24) is 10.6 Å². The van der Waals surface area contributed by atoms with E-state index in [4.69, 9.17) is 16.3 Å². The van der Waals surface area contributed by atoms with E-state index in [1.807, 2.05) is 31.2 Å². The Morgan fingerprint density at radius 3 is 2.44 bits per heavy atom. The molecule has 0 radical (unpaired) electrons. The van der Waals surface area contributed by atoms with E-state index in [2.05, 4.69) is 23.6 Å². The SMILES string of the molecule is CC(=O)N[C@H]1C[C@H]2[C@@H](C=C1C)O[C@@H](c1ccc(Cl)cc1)C[C@]2(C)NC(C)=O. The van der Waals surface area contributed by atoms with Crippen LogP contribution >= 0.6 is 11.6 Å². The molecule has 6 heteroatoms. The second kappa shape index (κ2) is 7.64. The lowest BCUT2D eigenvalue weighted by Crippen LogP contribution is -2.61. The summed E-state index contributed by atoms with van der Waals surface area (Å²) in [5, 5.41) is 6.87. The zero-order valence-corrected chi connectivity index (χ0v) is 17.0. The average molecular weight is 391 g/mol. The minimum atomic E-state index is -0.438. The van der Waals surface area contributed by atoms with Crippen LogP contribution in [0, 0.1) is 5.92 Å². The Bertz CT molecular complexity index is 761. The van der Waals surface area contributed by atoms with E-state index in [-0.39, 0.29) is 36.0 Å². The number of fused-ring (bicyclic) bond motifs is 1. The van der Waals surface area contributed by atoms with Crippen molar-refractivity contribution >= 4 is 23.4 Å². The van der Waals surface area contributed by atoms with Crippen molar-refractivity contribution in [3.63, 3.8) is 0 Å². The van der Waals surface area contributed by atoms with E-state index < -0.39 is 5.54 Å². The third kappa shape index (κ3) is 4.36. The Morgan fingerprint density at radius 1 is 1.19 bits per heavy atom. The van der Waals surface area contributed by atoms with Crippen LogP contribution in [0.2, 0.25) is 5.02 Å². The van der Waals surface area contributed by atoms with Gasteiger partial charge in [-0.25, -0.2) is 0 Å². The zero-order valence-electron chi connectivity index (χ0n) is 16.2. The molecule has 1 aromatic rings. The number of benzene rings is 1. The van der Waals surface area contributed by atoms with Crippen LogP contribution < -0.4 is 10.6 Å². The zero-order chi connectivity index (χ0) is 19.8. The molecule has 1 saturated heterocycles. The summed E-state index contributed by atoms with van der Waals surface area (Å²) >= 11 is 6.02. The Hall–Kier alpha value is -1.85. The molecule has 0 aromatic heterocycles. The molecule has 0 unspecified atom stereocenters. The van der Waals surface area contributed by atoms with Crippen LogP contribution in [0.4, 0.5) is 0 Å². The monoisotopic (exact) mass is 390 g/mol. The molecule has 0 saturated carbocycles. The van der Waals surface area contributed by atoms with E-state index in [0.29, 0.717) is 11.4 Å². The molecule has 1 fully saturated rings. The fourth-order valence-electron chi connectivity index (χ4n) is 4.43. The van der Waals surface area contributed by atoms with Crippen molar-refractivity contribution in [2.24, 2.45) is 5.92 Å². The van der Waals surface area contributed by atoms with Crippen LogP contribution in [0.5, 0.6) is 0 Å². The van der Waals surface area contributed by atoms with Crippen molar-refractivity contribution in [2.75, 3.05) is 0 Å². The molecule has 2 N–H and O–H groups in total. The normalized spacial score (nSPS) is 32.9. The highest BCUT2D eigenvalue weighted by atomic mass is 35.5. The smallest absolute Gasteiger partial charge is 0.217 e. The largest absolute Gasteiger partial charge is 0.366 e. The highest BCUT2D eigenvalue weighted by Crippen LogP contribution is 2.46. The van der Waals surface area contributed by atoms with Gasteiger partial charge in [0.2, 0.25) is 11.8 Å². The predicted molar refractivity (Wildman–Crippen MR) is 105 cm³/mol. The number of hydrogen-bond acceptors (Lipinski definition) is 3. The van der Waals surface area contributed by atoms with Gasteiger partial charge in [0.25, 0.3) is 0 Å². The highest BCUT2D eigenvalue weighted by molar-refractivity contribution is 6.30. The summed E-state index contributed by atoms with van der Waals surface area (Å²) in [4.78, 5) is 23.5. The molecule has 1 aliphatic carbocycles. The summed E-state index contributed by atoms with van der Waals surface area (Å²) in [5.74, 6) is -0.0379. The third-order valence-corrected chi connectivity index (χ3v) is 5.95. The van der Waals surface area contributed by atoms with Gasteiger partial charge in [-0.2, -0.15) is 0 Å². The minimum Gasteiger partial charge on any atom is -0.366 e. The van der Waals surface area contributed by atoms with Gasteiger partial charge in [0, 0.05) is 36.7 Å². The summed E-state index contributed by atoms with van der Waals surface area (Å²) in [6, 6.07) is 7.63. The molecule has 146 valence electrons. The maximum absolute atomic E-state index is 11.9. The number of rotatable bonds is 3. The van der Waals surface area contributed by atoms with E-state index in [0.717, 1.165) is 17.6 Å². The van der Waals surface area contributed by atoms with Gasteiger partial charge in [0.1, 0.15) is 0 Å². The van der Waals surface area contributed by atoms with Crippen molar-refractivity contribution in [2.45, 2.75) is 64.3 Å². The van der Waals surface area contributed by atoms with Crippen LogP contribution in [-0.2, 0) is 14.3 Å². The molecular formula is C21H27ClN2O3. The van der Waals surface area contributed by atoms with Gasteiger partial charge in [-0.1, -0.05) is 35.4 Å². The van der Waals surface area contributed by atoms with Gasteiger partial charge in [0.05, 0.1) is 18.2 Å². The van der Waals surface area contributed by atoms with Gasteiger partial charge in [-0.05, 0) is 38.0 Å². The highest BCUT2D eigenvalue weighted by Gasteiger charge is 2.49. The lowest BCUT2D eigenvalue weighted by molar-refractivity contribution is -0.135. The first-order valence-corrected chi connectivity index (χ1v) is 9.71. The van der Waals surface area contributed by atoms with Gasteiger partial charge < -0.3 is 15.4 Å². The molecule has 5 atom stereocenters. The fraction of sp³-hybridized carbons (Fsp3) is 0.524. The summed E-state index contributed by atoms with van der Waals surface area (Å²) in [7, 11) is 0. The maximum Gasteiger partial charge on any atom is 0.217 e. The maximum atomic E-state index is 11.9. The molecule has 2 amide bonds. The molecule has 1 heterocycles. The minimum absolute atomic E-state index is 0.0347. The molecule has 1 aliphatic heterocycles. The van der Waals surface area contributed by atoms with Crippen molar-refractivity contribution in [3.8, 4) is 0 Å². The average Bonchev–Trinajstić information content (AvgIpc) is 2.55. The standard InChI is InChI=1S/C21H27ClN2O3/c1-12-9-19-17(10-18(12)23-13(2)25)21(4,24-14(3)26)11-20(27-19)15-5-7-16(22)8-6-15/h5-9,17-20H,10-11H2,1-4H3,(H,23,25)(H,24,26)/t17-,18-,19+,20+,21-/m0/s1. The molecule has 0 spiro atoms. The van der Waals surface area contributed by atoms with Gasteiger partial charge >= 0.3 is 0 Å². The molecule has 27 heavy (non-hydrogen) atoms. The molecule has 0 bridgehead atoms. The van der Waals surface area contributed by atoms with Crippen LogP contribution in [0.3, 0.4) is 0 Å². The van der Waals surface area contributed by atoms with Crippen molar-refractivity contribution in [1.29, 1.82) is 0 Å². The number of ether oxygens (including phenoxy) is 1. The Morgan fingerprint density at radius 2 is 1.85 bits per heavy atom. The predicted octanol–water partition coefficient (Wildman–Crippen LogP) is 3.54. The van der Waals surface area contributed by atoms with Crippen LogP contribution in [0.15, 0.2) is 35.9 Å². The number of nitrogens with one attached hydrogen (secondary N) is 2. The van der Waals surface area contributed by atoms with Gasteiger partial charge in [-0.15, -0.1) is 0 Å². The van der Waals surface area contributed by atoms with Gasteiger partial charge in [0.15, 0.2) is 0 Å². The second-order valence-corrected chi connectivity index (χ2v) is 8.39. The van der Waals surface area contributed by atoms with E-state index in [9.17, 15) is 9.59 Å². The van der Waals surface area contributed by atoms with E-state index in [1.165, 1.54) is 6.92 Å². The quantitative estimate of drug-likeness (QED) is 0.776. The van der Waals surface area contributed by atoms with Crippen LogP contribution in [0.1, 0.15) is 52.2 Å². The van der Waals surface area contributed by atoms with Crippen LogP contribution in [0.25, 0.3) is 0 Å². The Labute approximate surface area is 165 Å². The lowest BCUT2D eigenvalue weighted by atomic mass is 9.68. The summed E-state index contributed by atoms with van der Waals surface area (Å²) in [5.41, 5.74) is 1.70. The number of amides is 2. The first-order chi connectivity index (χ1) is 12.7. The topological polar surface area (TPSA) is 67.4 Å². The fourth-order valence-corrected chi connectivity index (χ4v) is 4.56. The third-order valence-electron chi connectivity index (χ3n) is 5.69. The molecule has 3 rings (SSSR count). The molecule has 5 nitrogen and oxygen atoms in total. The van der Waals surface area contributed by atoms with E-state index >= 15 is 0 Å². The second-order valence-electron chi connectivity index (χ2n) is 7.95. The first kappa shape index (κ1) is 19.9. The van der Waals surface area contributed by atoms with Crippen molar-refractivity contribution < 1.29 is 14.3 Å². The number of hydrogen-bond donors (Lipinski definition) is 2. The Kier molecular flexibility index (Phi) is 5.63. The number of carbonyl (C=O) groups is 2. The summed E-state index contributed by atoms with van der Waals surface area (Å²) in [6.07, 6.45) is 3.23. The summed E-state index contributed by atoms with van der Waals surface area (Å²) in [6.45, 7) is 7.17. The summed E-state index contributed by atoms with van der Waals surface area (Å²) < 4.78 is 6.43. The van der Waals surface area contributed by atoms with Gasteiger partial charge in [-0.3, -0.25) is 9.59 Å². The molecular weight excluding hydrogens is 364 g/mol. The molecule has 2 aliphatic rings. The molecule has 1 aromatic carbocycles. The van der Waals surface area contributed by atoms with Crippen molar-refractivity contribution in [3.05, 3.63) is 46.5 Å². The lowest BCUT2D eigenvalue weighted by Gasteiger charge is -2.51. The Balaban J connectivity index is 1.94. The number of carbonyl (C=O) groups excluding carboxylic acids is 2. The first-order valence-electron chi connectivity index (χ1n) is 9.33. The van der Waals surface area contributed by atoms with Crippen LogP contribution in [-0.4, -0.2) is 29.5 Å². The van der Waals surface area contributed by atoms with E-state index in [1.54, 1.807) is 6.92 Å². The number of halogens is 1.